The summed E-state index contributed by atoms with van der Waals surface area (Å²) in [5.74, 6) is 0.932. The van der Waals surface area contributed by atoms with Gasteiger partial charge in [0.15, 0.2) is 0 Å². The Hall–Kier alpha value is -0.440. The van der Waals surface area contributed by atoms with Crippen molar-refractivity contribution >= 4 is 46.3 Å². The van der Waals surface area contributed by atoms with E-state index < -0.39 is 0 Å². The van der Waals surface area contributed by atoms with Crippen molar-refractivity contribution in [1.82, 2.24) is 0 Å². The highest BCUT2D eigenvalue weighted by atomic mass is 35.5. The fourth-order valence-corrected chi connectivity index (χ4v) is 2.36. The maximum absolute atomic E-state index is 6.03. The van der Waals surface area contributed by atoms with Gasteiger partial charge in [0.2, 0.25) is 0 Å². The van der Waals surface area contributed by atoms with Gasteiger partial charge >= 0.3 is 0 Å². The number of anilines is 1. The molecule has 0 fully saturated rings. The molecule has 0 radical (unpaired) electrons. The summed E-state index contributed by atoms with van der Waals surface area (Å²) in [5.41, 5.74) is 0.684. The predicted molar refractivity (Wildman–Crippen MR) is 66.6 cm³/mol. The van der Waals surface area contributed by atoms with Crippen LogP contribution in [-0.2, 0) is 0 Å². The average molecular weight is 264 g/mol. The summed E-state index contributed by atoms with van der Waals surface area (Å²) in [6.45, 7) is 0.866. The molecule has 0 atom stereocenters. The largest absolute Gasteiger partial charge is 0.342 e. The second-order valence-electron chi connectivity index (χ2n) is 3.30. The predicted octanol–water partition coefficient (Wildman–Crippen LogP) is 4.25. The first-order valence-corrected chi connectivity index (χ1v) is 5.75. The van der Waals surface area contributed by atoms with E-state index in [0.717, 1.165) is 25.2 Å². The highest BCUT2D eigenvalue weighted by molar-refractivity contribution is 6.42. The molecule has 1 N–H and O–H groups in total. The van der Waals surface area contributed by atoms with Crippen LogP contribution in [0.1, 0.15) is 12.8 Å². The van der Waals surface area contributed by atoms with E-state index in [1.807, 2.05) is 0 Å². The summed E-state index contributed by atoms with van der Waals surface area (Å²) in [6, 6.07) is 3.32. The molecule has 0 spiro atoms. The molecule has 0 saturated carbocycles. The Morgan fingerprint density at radius 2 is 1.80 bits per heavy atom. The molecule has 1 heterocycles. The summed E-state index contributed by atoms with van der Waals surface area (Å²) >= 11 is 17.9. The maximum atomic E-state index is 6.03. The zero-order chi connectivity index (χ0) is 10.8. The summed E-state index contributed by atoms with van der Waals surface area (Å²) < 4.78 is 0. The molecule has 1 aromatic carbocycles. The molecule has 0 saturated heterocycles. The number of hydrogen-bond acceptors (Lipinski definition) is 2. The monoisotopic (exact) mass is 262 g/mol. The van der Waals surface area contributed by atoms with Crippen molar-refractivity contribution in [3.8, 4) is 0 Å². The molecule has 80 valence electrons. The number of benzene rings is 1. The minimum Gasteiger partial charge on any atom is -0.342 e. The molecule has 0 unspecified atom stereocenters. The van der Waals surface area contributed by atoms with Gasteiger partial charge < -0.3 is 5.32 Å². The third-order valence-corrected chi connectivity index (χ3v) is 2.96. The van der Waals surface area contributed by atoms with Crippen LogP contribution >= 0.6 is 34.8 Å². The summed E-state index contributed by atoms with van der Waals surface area (Å²) in [6.07, 6.45) is 2.01. The van der Waals surface area contributed by atoms with Crippen molar-refractivity contribution in [2.75, 3.05) is 11.9 Å². The first-order chi connectivity index (χ1) is 7.16. The van der Waals surface area contributed by atoms with Crippen LogP contribution < -0.4 is 5.32 Å². The topological polar surface area (TPSA) is 24.4 Å². The molecule has 15 heavy (non-hydrogen) atoms. The highest BCUT2D eigenvalue weighted by Gasteiger charge is 2.12. The van der Waals surface area contributed by atoms with Crippen LogP contribution in [0.5, 0.6) is 0 Å². The van der Waals surface area contributed by atoms with E-state index in [2.05, 4.69) is 10.3 Å². The lowest BCUT2D eigenvalue weighted by Gasteiger charge is -2.10. The molecule has 0 bridgehead atoms. The molecule has 0 amide bonds. The lowest BCUT2D eigenvalue weighted by atomic mass is 10.3. The Morgan fingerprint density at radius 1 is 1.13 bits per heavy atom. The van der Waals surface area contributed by atoms with Crippen LogP contribution in [0.3, 0.4) is 0 Å². The lowest BCUT2D eigenvalue weighted by Crippen LogP contribution is -2.09. The molecule has 1 aliphatic heterocycles. The number of amidine groups is 1. The minimum atomic E-state index is 0.516. The van der Waals surface area contributed by atoms with E-state index in [1.54, 1.807) is 12.1 Å². The second kappa shape index (κ2) is 4.60. The van der Waals surface area contributed by atoms with Crippen molar-refractivity contribution in [1.29, 1.82) is 0 Å². The van der Waals surface area contributed by atoms with Crippen LogP contribution in [0.2, 0.25) is 15.1 Å². The second-order valence-corrected chi connectivity index (χ2v) is 4.55. The third kappa shape index (κ3) is 2.57. The molecule has 2 rings (SSSR count). The smallest absolute Gasteiger partial charge is 0.101 e. The molecule has 1 aliphatic rings. The summed E-state index contributed by atoms with van der Waals surface area (Å²) in [7, 11) is 0. The Labute approximate surface area is 103 Å². The lowest BCUT2D eigenvalue weighted by molar-refractivity contribution is 0.951. The molecular weight excluding hydrogens is 254 g/mol. The van der Waals surface area contributed by atoms with Crippen molar-refractivity contribution in [2.24, 2.45) is 4.99 Å². The molecule has 2 nitrogen and oxygen atoms in total. The van der Waals surface area contributed by atoms with Gasteiger partial charge in [-0.3, -0.25) is 4.99 Å². The van der Waals surface area contributed by atoms with Gasteiger partial charge in [0.1, 0.15) is 5.84 Å². The van der Waals surface area contributed by atoms with Gasteiger partial charge in [-0.25, -0.2) is 0 Å². The van der Waals surface area contributed by atoms with Crippen molar-refractivity contribution in [3.05, 3.63) is 27.2 Å². The molecule has 1 aromatic rings. The molecule has 0 aliphatic carbocycles. The average Bonchev–Trinajstić information content (AvgIpc) is 2.63. The van der Waals surface area contributed by atoms with E-state index in [4.69, 9.17) is 34.8 Å². The van der Waals surface area contributed by atoms with E-state index in [-0.39, 0.29) is 0 Å². The number of nitrogens with one attached hydrogen (secondary N) is 1. The zero-order valence-corrected chi connectivity index (χ0v) is 10.1. The fraction of sp³-hybridized carbons (Fsp3) is 0.300. The Bertz CT molecular complexity index is 392. The van der Waals surface area contributed by atoms with E-state index in [9.17, 15) is 0 Å². The van der Waals surface area contributed by atoms with Gasteiger partial charge in [-0.15, -0.1) is 0 Å². The highest BCUT2D eigenvalue weighted by Crippen LogP contribution is 2.34. The van der Waals surface area contributed by atoms with E-state index >= 15 is 0 Å². The molecular formula is C10H9Cl3N2. The van der Waals surface area contributed by atoms with Gasteiger partial charge in [0.25, 0.3) is 0 Å². The zero-order valence-electron chi connectivity index (χ0n) is 7.86. The van der Waals surface area contributed by atoms with E-state index in [0.29, 0.717) is 20.8 Å². The SMILES string of the molecule is Clc1cc(Cl)c(NC2=NCCC2)c(Cl)c1. The van der Waals surface area contributed by atoms with Gasteiger partial charge in [0.05, 0.1) is 15.7 Å². The van der Waals surface area contributed by atoms with Crippen LogP contribution in [0.4, 0.5) is 5.69 Å². The van der Waals surface area contributed by atoms with Crippen LogP contribution in [-0.4, -0.2) is 12.4 Å². The van der Waals surface area contributed by atoms with Crippen molar-refractivity contribution in [2.45, 2.75) is 12.8 Å². The third-order valence-electron chi connectivity index (χ3n) is 2.15. The number of halogens is 3. The number of hydrogen-bond donors (Lipinski definition) is 1. The van der Waals surface area contributed by atoms with E-state index in [1.165, 1.54) is 0 Å². The fourth-order valence-electron chi connectivity index (χ4n) is 1.45. The van der Waals surface area contributed by atoms with Gasteiger partial charge in [0, 0.05) is 18.0 Å². The number of rotatable bonds is 1. The van der Waals surface area contributed by atoms with Crippen LogP contribution in [0.15, 0.2) is 17.1 Å². The normalized spacial score (nSPS) is 15.3. The molecule has 0 aromatic heterocycles. The standard InChI is InChI=1S/C10H9Cl3N2/c11-6-4-7(12)10(8(13)5-6)15-9-2-1-3-14-9/h4-5H,1-3H2,(H,14,15). The van der Waals surface area contributed by atoms with Crippen LogP contribution in [0.25, 0.3) is 0 Å². The van der Waals surface area contributed by atoms with Gasteiger partial charge in [-0.2, -0.15) is 0 Å². The summed E-state index contributed by atoms with van der Waals surface area (Å²) in [5, 5.41) is 4.70. The first-order valence-electron chi connectivity index (χ1n) is 4.62. The summed E-state index contributed by atoms with van der Waals surface area (Å²) in [4.78, 5) is 4.29. The Kier molecular flexibility index (Phi) is 3.39. The van der Waals surface area contributed by atoms with Crippen molar-refractivity contribution in [3.63, 3.8) is 0 Å². The number of aliphatic imine (C=N–C) groups is 1. The van der Waals surface area contributed by atoms with Crippen molar-refractivity contribution < 1.29 is 0 Å². The minimum absolute atomic E-state index is 0.516. The number of nitrogens with zero attached hydrogens (tertiary/aromatic N) is 1. The Morgan fingerprint density at radius 3 is 2.33 bits per heavy atom. The molecule has 5 heteroatoms. The quantitative estimate of drug-likeness (QED) is 0.805. The first kappa shape index (κ1) is 11.1. The Balaban J connectivity index is 2.27. The maximum Gasteiger partial charge on any atom is 0.101 e. The van der Waals surface area contributed by atoms with Gasteiger partial charge in [-0.1, -0.05) is 34.8 Å². The van der Waals surface area contributed by atoms with Crippen LogP contribution in [0, 0.1) is 0 Å². The van der Waals surface area contributed by atoms with Gasteiger partial charge in [-0.05, 0) is 18.6 Å².